The molecule has 0 bridgehead atoms. The minimum Gasteiger partial charge on any atom is -0.392 e. The Hall–Kier alpha value is -4.33. The molecule has 0 aliphatic carbocycles. The van der Waals surface area contributed by atoms with Crippen molar-refractivity contribution in [1.82, 2.24) is 10.2 Å². The molecule has 1 heterocycles. The highest BCUT2D eigenvalue weighted by atomic mass is 16.7. The number of ether oxygens (including phenoxy) is 2. The van der Waals surface area contributed by atoms with Crippen LogP contribution in [0.4, 0.5) is 0 Å². The Morgan fingerprint density at radius 3 is 2.30 bits per heavy atom. The van der Waals surface area contributed by atoms with Gasteiger partial charge in [0.2, 0.25) is 5.91 Å². The summed E-state index contributed by atoms with van der Waals surface area (Å²) in [6.07, 6.45) is -0.0290. The monoisotopic (exact) mass is 614 g/mol. The van der Waals surface area contributed by atoms with E-state index in [0.29, 0.717) is 6.54 Å². The molecule has 1 aliphatic heterocycles. The summed E-state index contributed by atoms with van der Waals surface area (Å²) in [6.45, 7) is 5.01. The molecule has 5 aromatic rings. The van der Waals surface area contributed by atoms with Gasteiger partial charge in [0.15, 0.2) is 6.29 Å². The minimum atomic E-state index is -0.533. The van der Waals surface area contributed by atoms with E-state index in [0.717, 1.165) is 46.3 Å². The first-order chi connectivity index (χ1) is 22.4. The van der Waals surface area contributed by atoms with Crippen molar-refractivity contribution < 1.29 is 19.4 Å². The van der Waals surface area contributed by atoms with Crippen LogP contribution in [-0.2, 0) is 27.4 Å². The summed E-state index contributed by atoms with van der Waals surface area (Å²) >= 11 is 0. The Morgan fingerprint density at radius 1 is 0.870 bits per heavy atom. The number of likely N-dealkylation sites (N-methyl/N-ethyl adjacent to an activating group) is 1. The maximum absolute atomic E-state index is 11.5. The van der Waals surface area contributed by atoms with Gasteiger partial charge in [-0.25, -0.2) is 0 Å². The van der Waals surface area contributed by atoms with E-state index in [4.69, 9.17) is 9.47 Å². The van der Waals surface area contributed by atoms with Crippen LogP contribution in [-0.4, -0.2) is 35.6 Å². The van der Waals surface area contributed by atoms with E-state index in [1.165, 1.54) is 23.3 Å². The number of rotatable bonds is 10. The largest absolute Gasteiger partial charge is 0.392 e. The molecule has 4 atom stereocenters. The van der Waals surface area contributed by atoms with Crippen LogP contribution in [0.3, 0.4) is 0 Å². The zero-order valence-electron chi connectivity index (χ0n) is 26.7. The number of fused-ring (bicyclic) bond motifs is 1. The quantitative estimate of drug-likeness (QED) is 0.168. The number of benzene rings is 5. The Bertz CT molecular complexity index is 1770. The fourth-order valence-electron chi connectivity index (χ4n) is 6.23. The molecule has 1 aliphatic rings. The van der Waals surface area contributed by atoms with Gasteiger partial charge in [-0.1, -0.05) is 109 Å². The molecule has 5 aromatic carbocycles. The normalized spacial score (nSPS) is 18.8. The molecule has 0 aromatic heterocycles. The van der Waals surface area contributed by atoms with Gasteiger partial charge in [0.1, 0.15) is 0 Å². The van der Waals surface area contributed by atoms with Gasteiger partial charge in [-0.05, 0) is 64.2 Å². The van der Waals surface area contributed by atoms with Gasteiger partial charge in [-0.3, -0.25) is 9.69 Å². The van der Waals surface area contributed by atoms with Gasteiger partial charge in [-0.15, -0.1) is 0 Å². The number of aliphatic hydroxyl groups excluding tert-OH is 1. The lowest BCUT2D eigenvalue weighted by Crippen LogP contribution is -2.38. The summed E-state index contributed by atoms with van der Waals surface area (Å²) in [6, 6.07) is 39.8. The summed E-state index contributed by atoms with van der Waals surface area (Å²) in [4.78, 5) is 13.9. The fourth-order valence-corrected chi connectivity index (χ4v) is 6.23. The van der Waals surface area contributed by atoms with E-state index in [1.54, 1.807) is 0 Å². The standard InChI is InChI=1S/C40H42N2O4/c1-27(34-21-16-30-8-4-5-9-35(30)22-34)42(3)25-37-23-39(32-14-12-29(26-43)13-15-32)46-40(45-37)33-19-17-31(18-20-33)38-11-7-6-10-36(38)24-41-28(2)44/h4-22,27,37,39-40,43H,23-26H2,1-3H3,(H,41,44)/t27-,37+,39-,40-/m1/s1. The second-order valence-electron chi connectivity index (χ2n) is 12.3. The number of carbonyl (C=O) groups excluding carboxylic acids is 1. The van der Waals surface area contributed by atoms with E-state index in [9.17, 15) is 9.90 Å². The fraction of sp³-hybridized carbons (Fsp3) is 0.275. The SMILES string of the molecule is CC(=O)NCc1ccccc1-c1ccc([C@@H]2O[C@H](CN(C)[C@H](C)c3ccc4ccccc4c3)C[C@H](c3ccc(CO)cc3)O2)cc1. The van der Waals surface area contributed by atoms with Gasteiger partial charge in [-0.2, -0.15) is 0 Å². The topological polar surface area (TPSA) is 71.0 Å². The molecule has 46 heavy (non-hydrogen) atoms. The first-order valence-corrected chi connectivity index (χ1v) is 16.0. The van der Waals surface area contributed by atoms with E-state index >= 15 is 0 Å². The van der Waals surface area contributed by atoms with Crippen LogP contribution in [0.1, 0.15) is 66.5 Å². The van der Waals surface area contributed by atoms with Crippen LogP contribution in [0, 0.1) is 0 Å². The van der Waals surface area contributed by atoms with E-state index in [1.807, 2.05) is 42.5 Å². The van der Waals surface area contributed by atoms with Gasteiger partial charge in [0, 0.05) is 38.0 Å². The molecule has 6 rings (SSSR count). The average molecular weight is 615 g/mol. The summed E-state index contributed by atoms with van der Waals surface area (Å²) in [5, 5.41) is 15.0. The van der Waals surface area contributed by atoms with Crippen LogP contribution >= 0.6 is 0 Å². The van der Waals surface area contributed by atoms with Crippen molar-refractivity contribution >= 4 is 16.7 Å². The molecule has 1 amide bonds. The highest BCUT2D eigenvalue weighted by Crippen LogP contribution is 2.39. The molecule has 1 fully saturated rings. The maximum atomic E-state index is 11.5. The Kier molecular flexibility index (Phi) is 9.91. The summed E-state index contributed by atoms with van der Waals surface area (Å²) < 4.78 is 13.3. The van der Waals surface area contributed by atoms with Gasteiger partial charge in [0.05, 0.1) is 18.8 Å². The Balaban J connectivity index is 1.22. The second-order valence-corrected chi connectivity index (χ2v) is 12.3. The predicted octanol–water partition coefficient (Wildman–Crippen LogP) is 7.87. The van der Waals surface area contributed by atoms with Crippen LogP contribution < -0.4 is 5.32 Å². The number of carbonyl (C=O) groups is 1. The Labute approximate surface area is 271 Å². The highest BCUT2D eigenvalue weighted by Gasteiger charge is 2.33. The smallest absolute Gasteiger partial charge is 0.217 e. The molecule has 1 saturated heterocycles. The molecule has 0 spiro atoms. The summed E-state index contributed by atoms with van der Waals surface area (Å²) in [7, 11) is 2.16. The van der Waals surface area contributed by atoms with Crippen molar-refractivity contribution in [2.45, 2.75) is 58.0 Å². The first kappa shape index (κ1) is 31.6. The molecule has 0 saturated carbocycles. The average Bonchev–Trinajstić information content (AvgIpc) is 3.10. The third-order valence-electron chi connectivity index (χ3n) is 9.06. The molecular formula is C40H42N2O4. The first-order valence-electron chi connectivity index (χ1n) is 16.0. The third kappa shape index (κ3) is 7.38. The van der Waals surface area contributed by atoms with E-state index < -0.39 is 6.29 Å². The van der Waals surface area contributed by atoms with Gasteiger partial charge < -0.3 is 19.9 Å². The van der Waals surface area contributed by atoms with Crippen molar-refractivity contribution in [1.29, 1.82) is 0 Å². The number of amides is 1. The van der Waals surface area contributed by atoms with Crippen molar-refractivity contribution in [3.8, 4) is 11.1 Å². The summed E-state index contributed by atoms with van der Waals surface area (Å²) in [5.74, 6) is -0.0517. The molecule has 6 heteroatoms. The number of nitrogens with zero attached hydrogens (tertiary/aromatic N) is 1. The van der Waals surface area contributed by atoms with Crippen molar-refractivity contribution in [2.75, 3.05) is 13.6 Å². The highest BCUT2D eigenvalue weighted by molar-refractivity contribution is 5.83. The van der Waals surface area contributed by atoms with Crippen molar-refractivity contribution in [2.24, 2.45) is 0 Å². The molecule has 2 N–H and O–H groups in total. The minimum absolute atomic E-state index is 0.0118. The lowest BCUT2D eigenvalue weighted by atomic mass is 9.97. The van der Waals surface area contributed by atoms with Crippen molar-refractivity contribution in [3.05, 3.63) is 143 Å². The summed E-state index contributed by atoms with van der Waals surface area (Å²) in [5.41, 5.74) is 7.39. The lowest BCUT2D eigenvalue weighted by Gasteiger charge is -2.39. The van der Waals surface area contributed by atoms with Crippen LogP contribution in [0.5, 0.6) is 0 Å². The van der Waals surface area contributed by atoms with Crippen LogP contribution in [0.25, 0.3) is 21.9 Å². The van der Waals surface area contributed by atoms with E-state index in [2.05, 4.69) is 97.0 Å². The number of aliphatic hydroxyl groups is 1. The molecule has 6 nitrogen and oxygen atoms in total. The molecule has 236 valence electrons. The maximum Gasteiger partial charge on any atom is 0.217 e. The molecule has 0 radical (unpaired) electrons. The van der Waals surface area contributed by atoms with Gasteiger partial charge in [0.25, 0.3) is 0 Å². The zero-order valence-corrected chi connectivity index (χ0v) is 26.7. The van der Waals surface area contributed by atoms with Crippen LogP contribution in [0.2, 0.25) is 0 Å². The Morgan fingerprint density at radius 2 is 1.57 bits per heavy atom. The second kappa shape index (κ2) is 14.4. The lowest BCUT2D eigenvalue weighted by molar-refractivity contribution is -0.253. The van der Waals surface area contributed by atoms with Crippen molar-refractivity contribution in [3.63, 3.8) is 0 Å². The van der Waals surface area contributed by atoms with Gasteiger partial charge >= 0.3 is 0 Å². The zero-order chi connectivity index (χ0) is 32.0. The number of nitrogens with one attached hydrogen (secondary N) is 1. The number of hydrogen-bond acceptors (Lipinski definition) is 5. The van der Waals surface area contributed by atoms with E-state index in [-0.39, 0.29) is 30.8 Å². The van der Waals surface area contributed by atoms with Crippen LogP contribution in [0.15, 0.2) is 115 Å². The molecular weight excluding hydrogens is 572 g/mol. The molecule has 0 unspecified atom stereocenters. The predicted molar refractivity (Wildman–Crippen MR) is 183 cm³/mol. The number of hydrogen-bond donors (Lipinski definition) is 2. The third-order valence-corrected chi connectivity index (χ3v) is 9.06.